The lowest BCUT2D eigenvalue weighted by Gasteiger charge is -2.28. The van der Waals surface area contributed by atoms with Crippen molar-refractivity contribution in [2.24, 2.45) is 7.05 Å². The zero-order valence-electron chi connectivity index (χ0n) is 13.4. The second-order valence-corrected chi connectivity index (χ2v) is 6.54. The summed E-state index contributed by atoms with van der Waals surface area (Å²) in [5, 5.41) is 12.0. The summed E-state index contributed by atoms with van der Waals surface area (Å²) < 4.78 is 27.3. The first-order valence-corrected chi connectivity index (χ1v) is 8.69. The van der Waals surface area contributed by atoms with Gasteiger partial charge in [-0.2, -0.15) is 0 Å². The van der Waals surface area contributed by atoms with E-state index in [9.17, 15) is 4.39 Å². The summed E-state index contributed by atoms with van der Waals surface area (Å²) in [5.74, 6) is 0.857. The average Bonchev–Trinajstić information content (AvgIpc) is 3.05. The van der Waals surface area contributed by atoms with Gasteiger partial charge in [0.15, 0.2) is 0 Å². The molecule has 3 aromatic rings. The van der Waals surface area contributed by atoms with Crippen molar-refractivity contribution in [3.05, 3.63) is 65.0 Å². The molecular formula is C17H15FN4O2S. The van der Waals surface area contributed by atoms with Gasteiger partial charge in [0.25, 0.3) is 0 Å². The van der Waals surface area contributed by atoms with Crippen LogP contribution in [-0.4, -0.2) is 20.2 Å². The summed E-state index contributed by atoms with van der Waals surface area (Å²) in [7, 11) is 1.76. The molecule has 25 heavy (non-hydrogen) atoms. The molecule has 128 valence electrons. The molecule has 0 amide bonds. The fourth-order valence-electron chi connectivity index (χ4n) is 2.64. The van der Waals surface area contributed by atoms with Crippen LogP contribution < -0.4 is 4.74 Å². The lowest BCUT2D eigenvalue weighted by atomic mass is 10.1. The monoisotopic (exact) mass is 358 g/mol. The number of rotatable bonds is 4. The van der Waals surface area contributed by atoms with Gasteiger partial charge in [0, 0.05) is 29.5 Å². The molecule has 1 aliphatic heterocycles. The van der Waals surface area contributed by atoms with Gasteiger partial charge in [0.1, 0.15) is 11.6 Å². The molecule has 0 radical (unpaired) electrons. The van der Waals surface area contributed by atoms with Gasteiger partial charge in [-0.05, 0) is 22.6 Å². The predicted octanol–water partition coefficient (Wildman–Crippen LogP) is 3.25. The third-order valence-corrected chi connectivity index (χ3v) is 4.89. The zero-order valence-corrected chi connectivity index (χ0v) is 14.2. The van der Waals surface area contributed by atoms with Crippen molar-refractivity contribution in [2.45, 2.75) is 23.8 Å². The number of halogens is 1. The Morgan fingerprint density at radius 2 is 2.12 bits per heavy atom. The van der Waals surface area contributed by atoms with Gasteiger partial charge in [0.2, 0.25) is 11.4 Å². The average molecular weight is 358 g/mol. The first-order chi connectivity index (χ1) is 12.2. The van der Waals surface area contributed by atoms with Gasteiger partial charge >= 0.3 is 0 Å². The minimum absolute atomic E-state index is 0.301. The first kappa shape index (κ1) is 16.0. The minimum atomic E-state index is -0.501. The van der Waals surface area contributed by atoms with Crippen molar-refractivity contribution in [1.82, 2.24) is 20.2 Å². The molecule has 0 aliphatic carbocycles. The highest BCUT2D eigenvalue weighted by atomic mass is 32.2. The molecule has 0 fully saturated rings. The Morgan fingerprint density at radius 1 is 1.28 bits per heavy atom. The van der Waals surface area contributed by atoms with Crippen LogP contribution in [0.2, 0.25) is 0 Å². The molecule has 4 rings (SSSR count). The van der Waals surface area contributed by atoms with E-state index in [0.29, 0.717) is 28.8 Å². The molecule has 6 nitrogen and oxygen atoms in total. The van der Waals surface area contributed by atoms with Crippen molar-refractivity contribution >= 4 is 11.8 Å². The van der Waals surface area contributed by atoms with E-state index >= 15 is 0 Å². The fourth-order valence-corrected chi connectivity index (χ4v) is 3.46. The van der Waals surface area contributed by atoms with Crippen LogP contribution in [0.3, 0.4) is 0 Å². The van der Waals surface area contributed by atoms with Crippen molar-refractivity contribution in [2.75, 3.05) is 0 Å². The maximum Gasteiger partial charge on any atom is 0.227 e. The summed E-state index contributed by atoms with van der Waals surface area (Å²) in [6.07, 6.45) is -0.501. The summed E-state index contributed by atoms with van der Waals surface area (Å²) in [4.78, 5) is 0. The van der Waals surface area contributed by atoms with Gasteiger partial charge < -0.3 is 9.47 Å². The minimum Gasteiger partial charge on any atom is -0.460 e. The fraction of sp³-hybridized carbons (Fsp3) is 0.235. The molecule has 1 atom stereocenters. The van der Waals surface area contributed by atoms with E-state index in [0.717, 1.165) is 11.1 Å². The van der Waals surface area contributed by atoms with E-state index in [-0.39, 0.29) is 5.82 Å². The van der Waals surface area contributed by atoms with Gasteiger partial charge in [-0.15, -0.1) is 5.10 Å². The predicted molar refractivity (Wildman–Crippen MR) is 89.4 cm³/mol. The van der Waals surface area contributed by atoms with Crippen LogP contribution in [0, 0.1) is 5.82 Å². The Balaban J connectivity index is 1.60. The standard InChI is InChI=1S/C17H15FN4O2S/c1-22-17(19-20-21-22)25-10-13-8-14(18)7-12-9-23-16(24-15(12)13)11-5-3-2-4-6-11/h2-8,16H,9-10H2,1H3. The van der Waals surface area contributed by atoms with E-state index < -0.39 is 6.29 Å². The Morgan fingerprint density at radius 3 is 2.88 bits per heavy atom. The third kappa shape index (κ3) is 3.35. The molecule has 2 aromatic carbocycles. The van der Waals surface area contributed by atoms with Crippen LogP contribution >= 0.6 is 11.8 Å². The number of benzene rings is 2. The molecule has 1 unspecified atom stereocenters. The number of hydrogen-bond donors (Lipinski definition) is 0. The van der Waals surface area contributed by atoms with Crippen molar-refractivity contribution < 1.29 is 13.9 Å². The van der Waals surface area contributed by atoms with Crippen molar-refractivity contribution in [1.29, 1.82) is 0 Å². The zero-order chi connectivity index (χ0) is 17.2. The van der Waals surface area contributed by atoms with Gasteiger partial charge in [-0.25, -0.2) is 9.07 Å². The number of tetrazole rings is 1. The number of ether oxygens (including phenoxy) is 2. The normalized spacial score (nSPS) is 16.3. The second-order valence-electron chi connectivity index (χ2n) is 5.60. The highest BCUT2D eigenvalue weighted by molar-refractivity contribution is 7.98. The molecule has 0 N–H and O–H groups in total. The van der Waals surface area contributed by atoms with Crippen LogP contribution in [0.5, 0.6) is 5.75 Å². The molecule has 0 bridgehead atoms. The molecule has 0 saturated carbocycles. The Hall–Kier alpha value is -2.45. The van der Waals surface area contributed by atoms with E-state index in [2.05, 4.69) is 15.5 Å². The summed E-state index contributed by atoms with van der Waals surface area (Å²) in [5.41, 5.74) is 2.39. The van der Waals surface area contributed by atoms with Crippen molar-refractivity contribution in [3.8, 4) is 5.75 Å². The quantitative estimate of drug-likeness (QED) is 0.667. The van der Waals surface area contributed by atoms with Gasteiger partial charge in [-0.1, -0.05) is 42.1 Å². The number of nitrogens with zero attached hydrogens (tertiary/aromatic N) is 4. The Bertz CT molecular complexity index is 888. The van der Waals surface area contributed by atoms with E-state index in [1.54, 1.807) is 11.7 Å². The summed E-state index contributed by atoms with van der Waals surface area (Å²) in [6, 6.07) is 12.6. The molecule has 0 saturated heterocycles. The molecule has 1 aliphatic rings. The molecular weight excluding hydrogens is 343 g/mol. The van der Waals surface area contributed by atoms with Crippen LogP contribution in [0.15, 0.2) is 47.6 Å². The molecule has 2 heterocycles. The maximum absolute atomic E-state index is 14.0. The van der Waals surface area contributed by atoms with Crippen LogP contribution in [0.1, 0.15) is 23.0 Å². The number of thioether (sulfide) groups is 1. The largest absolute Gasteiger partial charge is 0.460 e. The third-order valence-electron chi connectivity index (χ3n) is 3.83. The van der Waals surface area contributed by atoms with Crippen LogP contribution in [0.4, 0.5) is 4.39 Å². The van der Waals surface area contributed by atoms with E-state index in [1.807, 2.05) is 30.3 Å². The highest BCUT2D eigenvalue weighted by Gasteiger charge is 2.25. The number of fused-ring (bicyclic) bond motifs is 1. The Labute approximate surface area is 147 Å². The highest BCUT2D eigenvalue weighted by Crippen LogP contribution is 2.38. The number of aromatic nitrogens is 4. The van der Waals surface area contributed by atoms with Crippen LogP contribution in [-0.2, 0) is 24.1 Å². The topological polar surface area (TPSA) is 62.1 Å². The van der Waals surface area contributed by atoms with Gasteiger partial charge in [-0.3, -0.25) is 0 Å². The number of hydrogen-bond acceptors (Lipinski definition) is 6. The maximum atomic E-state index is 14.0. The van der Waals surface area contributed by atoms with E-state index in [1.165, 1.54) is 23.9 Å². The molecule has 8 heteroatoms. The molecule has 1 aromatic heterocycles. The number of aryl methyl sites for hydroxylation is 1. The lowest BCUT2D eigenvalue weighted by molar-refractivity contribution is -0.112. The Kier molecular flexibility index (Phi) is 4.37. The van der Waals surface area contributed by atoms with E-state index in [4.69, 9.17) is 9.47 Å². The van der Waals surface area contributed by atoms with Crippen LogP contribution in [0.25, 0.3) is 0 Å². The molecule has 0 spiro atoms. The SMILES string of the molecule is Cn1nnnc1SCc1cc(F)cc2c1OC(c1ccccc1)OC2. The lowest BCUT2D eigenvalue weighted by Crippen LogP contribution is -2.19. The van der Waals surface area contributed by atoms with Crippen molar-refractivity contribution in [3.63, 3.8) is 0 Å². The smallest absolute Gasteiger partial charge is 0.227 e. The second kappa shape index (κ2) is 6.81. The van der Waals surface area contributed by atoms with Gasteiger partial charge in [0.05, 0.1) is 6.61 Å². The summed E-state index contributed by atoms with van der Waals surface area (Å²) in [6.45, 7) is 0.301. The summed E-state index contributed by atoms with van der Waals surface area (Å²) >= 11 is 1.42. The first-order valence-electron chi connectivity index (χ1n) is 7.70.